The first kappa shape index (κ1) is 15.5. The highest BCUT2D eigenvalue weighted by atomic mass is 15.3. The van der Waals surface area contributed by atoms with Gasteiger partial charge in [-0.2, -0.15) is 0 Å². The second kappa shape index (κ2) is 7.76. The Kier molecular flexibility index (Phi) is 6.32. The molecule has 0 fully saturated rings. The van der Waals surface area contributed by atoms with Crippen LogP contribution in [0.5, 0.6) is 0 Å². The molecule has 1 heterocycles. The quantitative estimate of drug-likeness (QED) is 0.623. The summed E-state index contributed by atoms with van der Waals surface area (Å²) in [6.45, 7) is 8.65. The fraction of sp³-hybridized carbons (Fsp3) is 0.769. The summed E-state index contributed by atoms with van der Waals surface area (Å²) in [7, 11) is 4.03. The van der Waals surface area contributed by atoms with E-state index in [9.17, 15) is 0 Å². The van der Waals surface area contributed by atoms with Crippen molar-refractivity contribution in [1.29, 1.82) is 0 Å². The van der Waals surface area contributed by atoms with E-state index in [1.54, 1.807) is 0 Å². The lowest BCUT2D eigenvalue weighted by Crippen LogP contribution is -2.39. The molecule has 6 nitrogen and oxygen atoms in total. The molecule has 0 amide bonds. The van der Waals surface area contributed by atoms with Gasteiger partial charge in [-0.25, -0.2) is 4.99 Å². The van der Waals surface area contributed by atoms with Gasteiger partial charge in [0.15, 0.2) is 11.8 Å². The van der Waals surface area contributed by atoms with Crippen LogP contribution in [0.1, 0.15) is 38.3 Å². The number of guanidine groups is 1. The molecule has 0 spiro atoms. The molecule has 0 aliphatic rings. The van der Waals surface area contributed by atoms with Crippen LogP contribution in [0.2, 0.25) is 0 Å². The van der Waals surface area contributed by atoms with E-state index in [0.29, 0.717) is 6.54 Å². The SMILES string of the molecule is CCCCN(C)C(=NCc1nnc(C)n1C)NCC. The minimum atomic E-state index is 0.552. The third-order valence-corrected chi connectivity index (χ3v) is 3.10. The Hall–Kier alpha value is -1.59. The van der Waals surface area contributed by atoms with E-state index in [0.717, 1.165) is 30.7 Å². The van der Waals surface area contributed by atoms with Crippen LogP contribution in [0, 0.1) is 6.92 Å². The third-order valence-electron chi connectivity index (χ3n) is 3.10. The minimum Gasteiger partial charge on any atom is -0.357 e. The number of aryl methyl sites for hydroxylation is 1. The zero-order valence-electron chi connectivity index (χ0n) is 12.8. The average Bonchev–Trinajstić information content (AvgIpc) is 2.72. The highest BCUT2D eigenvalue weighted by molar-refractivity contribution is 5.79. The van der Waals surface area contributed by atoms with Crippen LogP contribution >= 0.6 is 0 Å². The van der Waals surface area contributed by atoms with E-state index in [1.807, 2.05) is 18.5 Å². The number of aromatic nitrogens is 3. The molecule has 1 N–H and O–H groups in total. The third kappa shape index (κ3) is 4.54. The molecule has 6 heteroatoms. The average molecular weight is 266 g/mol. The van der Waals surface area contributed by atoms with E-state index < -0.39 is 0 Å². The monoisotopic (exact) mass is 266 g/mol. The molecule has 1 rings (SSSR count). The van der Waals surface area contributed by atoms with Crippen LogP contribution in [-0.4, -0.2) is 45.8 Å². The lowest BCUT2D eigenvalue weighted by molar-refractivity contribution is 0.464. The van der Waals surface area contributed by atoms with Crippen LogP contribution in [0.25, 0.3) is 0 Å². The van der Waals surface area contributed by atoms with Gasteiger partial charge < -0.3 is 14.8 Å². The van der Waals surface area contributed by atoms with Crippen LogP contribution in [-0.2, 0) is 13.6 Å². The maximum Gasteiger partial charge on any atom is 0.194 e. The topological polar surface area (TPSA) is 58.3 Å². The summed E-state index contributed by atoms with van der Waals surface area (Å²) < 4.78 is 1.97. The molecule has 0 radical (unpaired) electrons. The molecule has 108 valence electrons. The van der Waals surface area contributed by atoms with Gasteiger partial charge in [-0.15, -0.1) is 10.2 Å². The summed E-state index contributed by atoms with van der Waals surface area (Å²) in [5.74, 6) is 2.72. The zero-order chi connectivity index (χ0) is 14.3. The van der Waals surface area contributed by atoms with Crippen LogP contribution < -0.4 is 5.32 Å². The molecule has 0 aliphatic carbocycles. The van der Waals surface area contributed by atoms with E-state index in [1.165, 1.54) is 12.8 Å². The Bertz CT molecular complexity index is 409. The van der Waals surface area contributed by atoms with Gasteiger partial charge in [0.25, 0.3) is 0 Å². The summed E-state index contributed by atoms with van der Waals surface area (Å²) in [6, 6.07) is 0. The van der Waals surface area contributed by atoms with Gasteiger partial charge in [0, 0.05) is 27.2 Å². The summed E-state index contributed by atoms with van der Waals surface area (Å²) in [5.41, 5.74) is 0. The summed E-state index contributed by atoms with van der Waals surface area (Å²) in [5, 5.41) is 11.5. The second-order valence-corrected chi connectivity index (χ2v) is 4.67. The maximum absolute atomic E-state index is 4.62. The first-order valence-electron chi connectivity index (χ1n) is 6.94. The van der Waals surface area contributed by atoms with Crippen molar-refractivity contribution in [3.63, 3.8) is 0 Å². The molecule has 1 aromatic rings. The van der Waals surface area contributed by atoms with Crippen molar-refractivity contribution in [2.45, 2.75) is 40.2 Å². The molecule has 0 atom stereocenters. The predicted molar refractivity (Wildman–Crippen MR) is 78.1 cm³/mol. The van der Waals surface area contributed by atoms with Gasteiger partial charge in [0.2, 0.25) is 0 Å². The molecule has 0 aliphatic heterocycles. The molecule has 0 saturated carbocycles. The first-order valence-corrected chi connectivity index (χ1v) is 6.94. The minimum absolute atomic E-state index is 0.552. The first-order chi connectivity index (χ1) is 9.10. The molecule has 0 bridgehead atoms. The van der Waals surface area contributed by atoms with Gasteiger partial charge in [-0.1, -0.05) is 13.3 Å². The standard InChI is InChI=1S/C13H26N6/c1-6-8-9-18(4)13(14-7-2)15-10-12-17-16-11(3)19(12)5/h6-10H2,1-5H3,(H,14,15). The number of hydrogen-bond donors (Lipinski definition) is 1. The zero-order valence-corrected chi connectivity index (χ0v) is 12.8. The molecular formula is C13H26N6. The fourth-order valence-corrected chi connectivity index (χ4v) is 1.71. The van der Waals surface area contributed by atoms with Crippen molar-refractivity contribution in [1.82, 2.24) is 25.0 Å². The van der Waals surface area contributed by atoms with Crippen molar-refractivity contribution >= 4 is 5.96 Å². The molecule has 0 saturated heterocycles. The van der Waals surface area contributed by atoms with Crippen LogP contribution in [0.15, 0.2) is 4.99 Å². The van der Waals surface area contributed by atoms with Crippen LogP contribution in [0.4, 0.5) is 0 Å². The number of unbranched alkanes of at least 4 members (excludes halogenated alkanes) is 1. The highest BCUT2D eigenvalue weighted by Crippen LogP contribution is 2.00. The lowest BCUT2D eigenvalue weighted by atomic mass is 10.3. The maximum atomic E-state index is 4.62. The smallest absolute Gasteiger partial charge is 0.194 e. The van der Waals surface area contributed by atoms with Crippen molar-refractivity contribution in [2.24, 2.45) is 12.0 Å². The van der Waals surface area contributed by atoms with E-state index in [-0.39, 0.29) is 0 Å². The van der Waals surface area contributed by atoms with Crippen molar-refractivity contribution in [3.05, 3.63) is 11.6 Å². The van der Waals surface area contributed by atoms with E-state index in [2.05, 4.69) is 46.3 Å². The summed E-state index contributed by atoms with van der Waals surface area (Å²) in [6.07, 6.45) is 2.36. The van der Waals surface area contributed by atoms with E-state index in [4.69, 9.17) is 0 Å². The lowest BCUT2D eigenvalue weighted by Gasteiger charge is -2.21. The largest absolute Gasteiger partial charge is 0.357 e. The normalized spacial score (nSPS) is 11.7. The van der Waals surface area contributed by atoms with Gasteiger partial charge >= 0.3 is 0 Å². The fourth-order valence-electron chi connectivity index (χ4n) is 1.71. The highest BCUT2D eigenvalue weighted by Gasteiger charge is 2.07. The second-order valence-electron chi connectivity index (χ2n) is 4.67. The predicted octanol–water partition coefficient (Wildman–Crippen LogP) is 1.32. The van der Waals surface area contributed by atoms with Crippen molar-refractivity contribution < 1.29 is 0 Å². The summed E-state index contributed by atoms with van der Waals surface area (Å²) in [4.78, 5) is 6.78. The van der Waals surface area contributed by atoms with Gasteiger partial charge in [0.1, 0.15) is 12.4 Å². The van der Waals surface area contributed by atoms with Crippen molar-refractivity contribution in [2.75, 3.05) is 20.1 Å². The van der Waals surface area contributed by atoms with Gasteiger partial charge in [-0.3, -0.25) is 0 Å². The van der Waals surface area contributed by atoms with E-state index >= 15 is 0 Å². The molecule has 19 heavy (non-hydrogen) atoms. The Balaban J connectivity index is 2.69. The molecular weight excluding hydrogens is 240 g/mol. The number of nitrogens with one attached hydrogen (secondary N) is 1. The summed E-state index contributed by atoms with van der Waals surface area (Å²) >= 11 is 0. The Labute approximate surface area is 115 Å². The molecule has 1 aromatic heterocycles. The number of aliphatic imine (C=N–C) groups is 1. The van der Waals surface area contributed by atoms with Crippen LogP contribution in [0.3, 0.4) is 0 Å². The van der Waals surface area contributed by atoms with Crippen molar-refractivity contribution in [3.8, 4) is 0 Å². The number of rotatable bonds is 6. The Morgan fingerprint density at radius 3 is 2.63 bits per heavy atom. The van der Waals surface area contributed by atoms with Gasteiger partial charge in [-0.05, 0) is 20.3 Å². The Morgan fingerprint density at radius 1 is 1.37 bits per heavy atom. The number of nitrogens with zero attached hydrogens (tertiary/aromatic N) is 5. The molecule has 0 aromatic carbocycles. The number of hydrogen-bond acceptors (Lipinski definition) is 3. The molecule has 0 unspecified atom stereocenters. The Morgan fingerprint density at radius 2 is 2.11 bits per heavy atom. The van der Waals surface area contributed by atoms with Gasteiger partial charge in [0.05, 0.1) is 0 Å².